The minimum Gasteiger partial charge on any atom is -0.385 e. The molecule has 1 saturated heterocycles. The molecule has 172 valence electrons. The number of piperidine rings is 1. The molecular formula is C26H31N4O3+. The Bertz CT molecular complexity index is 1290. The highest BCUT2D eigenvalue weighted by Gasteiger charge is 2.38. The summed E-state index contributed by atoms with van der Waals surface area (Å²) in [5.74, 6) is 0.875. The minimum atomic E-state index is -0.545. The summed E-state index contributed by atoms with van der Waals surface area (Å²) >= 11 is 0. The number of nitrogens with zero attached hydrogens (tertiary/aromatic N) is 3. The molecule has 3 aliphatic rings. The van der Waals surface area contributed by atoms with Gasteiger partial charge in [-0.25, -0.2) is 0 Å². The molecule has 0 spiro atoms. The average molecular weight is 448 g/mol. The zero-order chi connectivity index (χ0) is 22.7. The van der Waals surface area contributed by atoms with E-state index < -0.39 is 6.10 Å². The van der Waals surface area contributed by atoms with Crippen LogP contribution in [0.1, 0.15) is 34.1 Å². The number of quaternary nitrogens is 1. The highest BCUT2D eigenvalue weighted by Crippen LogP contribution is 2.31. The maximum absolute atomic E-state index is 13.0. The number of likely N-dealkylation sites (N-methyl/N-ethyl adjacent to an activating group) is 1. The predicted octanol–water partition coefficient (Wildman–Crippen LogP) is 0.494. The molecule has 3 aliphatic heterocycles. The van der Waals surface area contributed by atoms with Gasteiger partial charge in [-0.05, 0) is 30.5 Å². The van der Waals surface area contributed by atoms with E-state index in [9.17, 15) is 14.7 Å². The molecule has 0 radical (unpaired) electrons. The number of aromatic nitrogens is 2. The third-order valence-electron chi connectivity index (χ3n) is 7.91. The third kappa shape index (κ3) is 3.42. The second kappa shape index (κ2) is 7.85. The van der Waals surface area contributed by atoms with Gasteiger partial charge in [0.15, 0.2) is 0 Å². The van der Waals surface area contributed by atoms with Crippen molar-refractivity contribution in [1.82, 2.24) is 14.0 Å². The fraction of sp³-hybridized carbons (Fsp3) is 0.462. The van der Waals surface area contributed by atoms with E-state index in [1.807, 2.05) is 34.4 Å². The fourth-order valence-corrected chi connectivity index (χ4v) is 6.52. The van der Waals surface area contributed by atoms with Gasteiger partial charge in [0, 0.05) is 54.6 Å². The first-order chi connectivity index (χ1) is 16.0. The van der Waals surface area contributed by atoms with Crippen molar-refractivity contribution in [2.75, 3.05) is 33.2 Å². The zero-order valence-corrected chi connectivity index (χ0v) is 19.0. The van der Waals surface area contributed by atoms with Crippen molar-refractivity contribution in [3.05, 3.63) is 69.8 Å². The Morgan fingerprint density at radius 3 is 2.85 bits per heavy atom. The molecule has 33 heavy (non-hydrogen) atoms. The number of likely N-dealkylation sites (tertiary alicyclic amines) is 1. The number of carbonyl (C=O) groups excluding carboxylic acids is 1. The third-order valence-corrected chi connectivity index (χ3v) is 7.91. The number of amides is 1. The molecule has 4 atom stereocenters. The van der Waals surface area contributed by atoms with Crippen LogP contribution in [0.4, 0.5) is 0 Å². The number of nitrogens with one attached hydrogen (secondary N) is 1. The topological polar surface area (TPSA) is 71.9 Å². The number of para-hydroxylation sites is 1. The van der Waals surface area contributed by atoms with Crippen LogP contribution in [0, 0.1) is 5.92 Å². The predicted molar refractivity (Wildman–Crippen MR) is 126 cm³/mol. The van der Waals surface area contributed by atoms with E-state index in [-0.39, 0.29) is 11.5 Å². The van der Waals surface area contributed by atoms with Crippen LogP contribution in [0.15, 0.2) is 47.3 Å². The Balaban J connectivity index is 1.24. The van der Waals surface area contributed by atoms with Crippen molar-refractivity contribution < 1.29 is 14.8 Å². The van der Waals surface area contributed by atoms with E-state index in [1.165, 1.54) is 4.90 Å². The van der Waals surface area contributed by atoms with E-state index in [0.29, 0.717) is 24.9 Å². The Labute approximate surface area is 192 Å². The monoisotopic (exact) mass is 447 g/mol. The van der Waals surface area contributed by atoms with E-state index >= 15 is 0 Å². The van der Waals surface area contributed by atoms with Crippen molar-refractivity contribution in [2.24, 2.45) is 5.92 Å². The summed E-state index contributed by atoms with van der Waals surface area (Å²) in [6.45, 7) is 4.48. The maximum Gasteiger partial charge on any atom is 0.270 e. The molecule has 7 heteroatoms. The molecular weight excluding hydrogens is 416 g/mol. The molecule has 6 rings (SSSR count). The fourth-order valence-electron chi connectivity index (χ4n) is 6.52. The largest absolute Gasteiger partial charge is 0.385 e. The lowest BCUT2D eigenvalue weighted by Crippen LogP contribution is -3.15. The first kappa shape index (κ1) is 20.7. The first-order valence-corrected chi connectivity index (χ1v) is 12.1. The quantitative estimate of drug-likeness (QED) is 0.612. The number of hydrogen-bond donors (Lipinski definition) is 2. The molecule has 3 aromatic rings. The molecule has 1 fully saturated rings. The van der Waals surface area contributed by atoms with Crippen LogP contribution in [-0.4, -0.2) is 64.4 Å². The van der Waals surface area contributed by atoms with Crippen molar-refractivity contribution in [1.29, 1.82) is 0 Å². The van der Waals surface area contributed by atoms with Gasteiger partial charge >= 0.3 is 0 Å². The smallest absolute Gasteiger partial charge is 0.270 e. The summed E-state index contributed by atoms with van der Waals surface area (Å²) in [5.41, 5.74) is 4.13. The first-order valence-electron chi connectivity index (χ1n) is 12.1. The lowest BCUT2D eigenvalue weighted by atomic mass is 9.83. The SMILES string of the molecule is CN1CCc2c(n(CC(O)C[NH+]3C[C@@H]4C[C@H](C3)c3cccc(=O)n3C4)c3ccccc23)C1=O. The van der Waals surface area contributed by atoms with Crippen LogP contribution in [0.5, 0.6) is 0 Å². The zero-order valence-electron chi connectivity index (χ0n) is 19.0. The lowest BCUT2D eigenvalue weighted by molar-refractivity contribution is -0.914. The second-order valence-electron chi connectivity index (χ2n) is 10.1. The summed E-state index contributed by atoms with van der Waals surface area (Å²) in [6.07, 6.45) is 1.43. The number of aliphatic hydroxyl groups excluding tert-OH is 1. The molecule has 0 aliphatic carbocycles. The highest BCUT2D eigenvalue weighted by molar-refractivity contribution is 6.02. The second-order valence-corrected chi connectivity index (χ2v) is 10.1. The number of carbonyl (C=O) groups is 1. The van der Waals surface area contributed by atoms with Gasteiger partial charge in [0.25, 0.3) is 11.5 Å². The summed E-state index contributed by atoms with van der Waals surface area (Å²) in [4.78, 5) is 28.5. The molecule has 1 aromatic carbocycles. The van der Waals surface area contributed by atoms with Gasteiger partial charge in [0.2, 0.25) is 0 Å². The molecule has 2 N–H and O–H groups in total. The van der Waals surface area contributed by atoms with Gasteiger partial charge in [0.1, 0.15) is 18.3 Å². The van der Waals surface area contributed by atoms with Gasteiger partial charge in [-0.2, -0.15) is 0 Å². The van der Waals surface area contributed by atoms with Gasteiger partial charge in [0.05, 0.1) is 19.6 Å². The van der Waals surface area contributed by atoms with E-state index in [2.05, 4.69) is 18.2 Å². The Morgan fingerprint density at radius 1 is 1.12 bits per heavy atom. The van der Waals surface area contributed by atoms with E-state index in [1.54, 1.807) is 11.0 Å². The van der Waals surface area contributed by atoms with Crippen molar-refractivity contribution >= 4 is 16.8 Å². The average Bonchev–Trinajstić information content (AvgIpc) is 3.11. The van der Waals surface area contributed by atoms with Crippen LogP contribution < -0.4 is 10.5 Å². The molecule has 2 bridgehead atoms. The van der Waals surface area contributed by atoms with Gasteiger partial charge in [-0.15, -0.1) is 0 Å². The van der Waals surface area contributed by atoms with E-state index in [0.717, 1.165) is 66.9 Å². The number of pyridine rings is 1. The van der Waals surface area contributed by atoms with Gasteiger partial charge in [-0.1, -0.05) is 24.3 Å². The van der Waals surface area contributed by atoms with Crippen molar-refractivity contribution in [3.8, 4) is 0 Å². The van der Waals surface area contributed by atoms with Crippen LogP contribution in [0.2, 0.25) is 0 Å². The van der Waals surface area contributed by atoms with Crippen LogP contribution in [-0.2, 0) is 19.5 Å². The summed E-state index contributed by atoms with van der Waals surface area (Å²) in [5, 5.41) is 12.3. The number of aliphatic hydroxyl groups is 1. The van der Waals surface area contributed by atoms with Gasteiger partial charge in [-0.3, -0.25) is 9.59 Å². The molecule has 0 saturated carbocycles. The summed E-state index contributed by atoms with van der Waals surface area (Å²) in [6, 6.07) is 13.8. The Kier molecular flexibility index (Phi) is 4.92. The number of benzene rings is 1. The molecule has 7 nitrogen and oxygen atoms in total. The Hall–Kier alpha value is -2.90. The van der Waals surface area contributed by atoms with Crippen molar-refractivity contribution in [2.45, 2.75) is 38.0 Å². The Morgan fingerprint density at radius 2 is 1.97 bits per heavy atom. The van der Waals surface area contributed by atoms with Crippen LogP contribution >= 0.6 is 0 Å². The molecule has 2 aromatic heterocycles. The molecule has 1 amide bonds. The summed E-state index contributed by atoms with van der Waals surface area (Å²) < 4.78 is 4.00. The highest BCUT2D eigenvalue weighted by atomic mass is 16.3. The minimum absolute atomic E-state index is 0.0431. The number of hydrogen-bond acceptors (Lipinski definition) is 3. The van der Waals surface area contributed by atoms with Crippen LogP contribution in [0.3, 0.4) is 0 Å². The van der Waals surface area contributed by atoms with Crippen molar-refractivity contribution in [3.63, 3.8) is 0 Å². The summed E-state index contributed by atoms with van der Waals surface area (Å²) in [7, 11) is 1.85. The normalized spacial score (nSPS) is 25.1. The van der Waals surface area contributed by atoms with Gasteiger partial charge < -0.3 is 24.0 Å². The number of rotatable bonds is 4. The standard InChI is InChI=1S/C26H30N4O3/c1-27-10-9-21-20-5-2-3-6-23(20)30(25(21)26(27)33)16-19(31)15-28-12-17-11-18(14-28)22-7-4-8-24(32)29(22)13-17/h2-8,17-19,31H,9-16H2,1H3/p+1/t17-,18+,19?/m0/s1. The maximum atomic E-state index is 13.0. The molecule has 5 heterocycles. The van der Waals surface area contributed by atoms with E-state index in [4.69, 9.17) is 0 Å². The lowest BCUT2D eigenvalue weighted by Gasteiger charge is -2.40. The van der Waals surface area contributed by atoms with Crippen LogP contribution in [0.25, 0.3) is 10.9 Å². The number of fused-ring (bicyclic) bond motifs is 7. The molecule has 2 unspecified atom stereocenters.